The van der Waals surface area contributed by atoms with E-state index in [4.69, 9.17) is 0 Å². The maximum atomic E-state index is 12.1. The Morgan fingerprint density at radius 2 is 1.86 bits per heavy atom. The van der Waals surface area contributed by atoms with Crippen LogP contribution in [0.15, 0.2) is 30.3 Å². The SMILES string of the molecule is O=C(CSC1CCCC1)NCC(O)(c1ccccc1)C1CC1. The molecule has 120 valence electrons. The average Bonchev–Trinajstić information content (AvgIpc) is 3.29. The van der Waals surface area contributed by atoms with E-state index in [1.807, 2.05) is 30.3 Å². The van der Waals surface area contributed by atoms with Crippen molar-refractivity contribution in [1.29, 1.82) is 0 Å². The van der Waals surface area contributed by atoms with E-state index in [2.05, 4.69) is 5.32 Å². The number of nitrogens with one attached hydrogen (secondary N) is 1. The molecule has 1 aromatic rings. The highest BCUT2D eigenvalue weighted by molar-refractivity contribution is 8.00. The quantitative estimate of drug-likeness (QED) is 0.812. The Bertz CT molecular complexity index is 497. The highest BCUT2D eigenvalue weighted by Crippen LogP contribution is 2.45. The lowest BCUT2D eigenvalue weighted by Gasteiger charge is -2.29. The summed E-state index contributed by atoms with van der Waals surface area (Å²) in [5.41, 5.74) is 0.0100. The maximum Gasteiger partial charge on any atom is 0.230 e. The van der Waals surface area contributed by atoms with Gasteiger partial charge in [-0.25, -0.2) is 0 Å². The number of aliphatic hydroxyl groups is 1. The molecular formula is C18H25NO2S. The summed E-state index contributed by atoms with van der Waals surface area (Å²) in [6, 6.07) is 9.75. The molecule has 0 aliphatic heterocycles. The minimum atomic E-state index is -0.908. The Balaban J connectivity index is 1.52. The number of rotatable bonds is 7. The minimum Gasteiger partial charge on any atom is -0.383 e. The van der Waals surface area contributed by atoms with E-state index in [0.717, 1.165) is 18.4 Å². The van der Waals surface area contributed by atoms with Gasteiger partial charge in [0.15, 0.2) is 0 Å². The zero-order chi connectivity index (χ0) is 15.4. The van der Waals surface area contributed by atoms with Crippen molar-refractivity contribution < 1.29 is 9.90 Å². The minimum absolute atomic E-state index is 0.0481. The van der Waals surface area contributed by atoms with E-state index < -0.39 is 5.60 Å². The second kappa shape index (κ2) is 7.05. The fourth-order valence-electron chi connectivity index (χ4n) is 3.30. The highest BCUT2D eigenvalue weighted by Gasteiger charge is 2.45. The van der Waals surface area contributed by atoms with E-state index in [1.165, 1.54) is 25.7 Å². The molecule has 1 unspecified atom stereocenters. The van der Waals surface area contributed by atoms with Crippen LogP contribution in [0.2, 0.25) is 0 Å². The third kappa shape index (κ3) is 3.85. The topological polar surface area (TPSA) is 49.3 Å². The van der Waals surface area contributed by atoms with Crippen LogP contribution in [0, 0.1) is 5.92 Å². The fraction of sp³-hybridized carbons (Fsp3) is 0.611. The first-order valence-corrected chi connectivity index (χ1v) is 9.39. The zero-order valence-electron chi connectivity index (χ0n) is 13.0. The molecular weight excluding hydrogens is 294 g/mol. The first-order valence-electron chi connectivity index (χ1n) is 8.35. The smallest absolute Gasteiger partial charge is 0.230 e. The maximum absolute atomic E-state index is 12.1. The second-order valence-corrected chi connectivity index (χ2v) is 7.85. The third-order valence-corrected chi connectivity index (χ3v) is 6.21. The van der Waals surface area contributed by atoms with Gasteiger partial charge in [-0.15, -0.1) is 11.8 Å². The summed E-state index contributed by atoms with van der Waals surface area (Å²) in [7, 11) is 0. The summed E-state index contributed by atoms with van der Waals surface area (Å²) in [6.07, 6.45) is 7.17. The van der Waals surface area contributed by atoms with Gasteiger partial charge in [0.05, 0.1) is 12.3 Å². The number of carbonyl (C=O) groups excluding carboxylic acids is 1. The molecule has 2 N–H and O–H groups in total. The molecule has 2 fully saturated rings. The fourth-order valence-corrected chi connectivity index (χ4v) is 4.46. The lowest BCUT2D eigenvalue weighted by atomic mass is 9.88. The predicted octanol–water partition coefficient (Wildman–Crippen LogP) is 3.08. The molecule has 2 aliphatic carbocycles. The standard InChI is InChI=1S/C18H25NO2S/c20-17(12-22-16-8-4-5-9-16)19-13-18(21,15-10-11-15)14-6-2-1-3-7-14/h1-3,6-7,15-16,21H,4-5,8-13H2,(H,19,20). The van der Waals surface area contributed by atoms with Gasteiger partial charge in [-0.05, 0) is 37.2 Å². The van der Waals surface area contributed by atoms with E-state index in [1.54, 1.807) is 11.8 Å². The van der Waals surface area contributed by atoms with Crippen LogP contribution >= 0.6 is 11.8 Å². The average molecular weight is 319 g/mol. The van der Waals surface area contributed by atoms with Crippen LogP contribution < -0.4 is 5.32 Å². The summed E-state index contributed by atoms with van der Waals surface area (Å²) in [5.74, 6) is 0.838. The van der Waals surface area contributed by atoms with Crippen molar-refractivity contribution in [2.75, 3.05) is 12.3 Å². The van der Waals surface area contributed by atoms with Crippen LogP contribution in [0.5, 0.6) is 0 Å². The number of benzene rings is 1. The molecule has 22 heavy (non-hydrogen) atoms. The van der Waals surface area contributed by atoms with Crippen molar-refractivity contribution in [1.82, 2.24) is 5.32 Å². The first kappa shape index (κ1) is 15.9. The van der Waals surface area contributed by atoms with Gasteiger partial charge in [0.2, 0.25) is 5.91 Å². The van der Waals surface area contributed by atoms with E-state index in [0.29, 0.717) is 17.5 Å². The lowest BCUT2D eigenvalue weighted by molar-refractivity contribution is -0.120. The Labute approximate surface area is 136 Å². The Morgan fingerprint density at radius 3 is 2.50 bits per heavy atom. The summed E-state index contributed by atoms with van der Waals surface area (Å²) < 4.78 is 0. The number of hydrogen-bond donors (Lipinski definition) is 2. The van der Waals surface area contributed by atoms with Gasteiger partial charge in [-0.1, -0.05) is 43.2 Å². The Kier molecular flexibility index (Phi) is 5.09. The molecule has 1 atom stereocenters. The molecule has 0 radical (unpaired) electrons. The molecule has 0 bridgehead atoms. The van der Waals surface area contributed by atoms with Gasteiger partial charge in [-0.3, -0.25) is 4.79 Å². The number of amides is 1. The van der Waals surface area contributed by atoms with E-state index in [-0.39, 0.29) is 11.8 Å². The molecule has 0 spiro atoms. The van der Waals surface area contributed by atoms with Crippen molar-refractivity contribution >= 4 is 17.7 Å². The van der Waals surface area contributed by atoms with Crippen molar-refractivity contribution in [3.05, 3.63) is 35.9 Å². The van der Waals surface area contributed by atoms with Crippen LogP contribution in [0.1, 0.15) is 44.1 Å². The molecule has 4 heteroatoms. The van der Waals surface area contributed by atoms with E-state index in [9.17, 15) is 9.90 Å². The van der Waals surface area contributed by atoms with Crippen molar-refractivity contribution in [3.63, 3.8) is 0 Å². The monoisotopic (exact) mass is 319 g/mol. The van der Waals surface area contributed by atoms with Crippen molar-refractivity contribution in [2.45, 2.75) is 49.4 Å². The normalized spacial score (nSPS) is 21.5. The molecule has 3 rings (SSSR count). The van der Waals surface area contributed by atoms with Crippen LogP contribution in [0.4, 0.5) is 0 Å². The molecule has 3 nitrogen and oxygen atoms in total. The number of carbonyl (C=O) groups is 1. The Morgan fingerprint density at radius 1 is 1.18 bits per heavy atom. The lowest BCUT2D eigenvalue weighted by Crippen LogP contribution is -2.43. The first-order chi connectivity index (χ1) is 10.7. The molecule has 1 aromatic carbocycles. The van der Waals surface area contributed by atoms with Crippen LogP contribution in [0.25, 0.3) is 0 Å². The zero-order valence-corrected chi connectivity index (χ0v) is 13.8. The van der Waals surface area contributed by atoms with Crippen molar-refractivity contribution in [3.8, 4) is 0 Å². The number of hydrogen-bond acceptors (Lipinski definition) is 3. The summed E-state index contributed by atoms with van der Waals surface area (Å²) in [4.78, 5) is 12.1. The molecule has 0 heterocycles. The van der Waals surface area contributed by atoms with Gasteiger partial charge < -0.3 is 10.4 Å². The molecule has 0 aromatic heterocycles. The number of thioether (sulfide) groups is 1. The van der Waals surface area contributed by atoms with Gasteiger partial charge in [-0.2, -0.15) is 0 Å². The summed E-state index contributed by atoms with van der Waals surface area (Å²) >= 11 is 1.77. The van der Waals surface area contributed by atoms with Gasteiger partial charge in [0.1, 0.15) is 5.60 Å². The molecule has 1 amide bonds. The van der Waals surface area contributed by atoms with Crippen molar-refractivity contribution in [2.24, 2.45) is 5.92 Å². The van der Waals surface area contributed by atoms with E-state index >= 15 is 0 Å². The van der Waals surface area contributed by atoms with Gasteiger partial charge in [0.25, 0.3) is 0 Å². The molecule has 0 saturated heterocycles. The second-order valence-electron chi connectivity index (χ2n) is 6.56. The molecule has 2 saturated carbocycles. The summed E-state index contributed by atoms with van der Waals surface area (Å²) in [6.45, 7) is 0.325. The van der Waals surface area contributed by atoms with Crippen LogP contribution in [-0.2, 0) is 10.4 Å². The predicted molar refractivity (Wildman–Crippen MR) is 90.8 cm³/mol. The Hall–Kier alpha value is -1.00. The third-order valence-electron chi connectivity index (χ3n) is 4.83. The summed E-state index contributed by atoms with van der Waals surface area (Å²) in [5, 5.41) is 14.6. The van der Waals surface area contributed by atoms with Crippen LogP contribution in [-0.4, -0.2) is 28.6 Å². The van der Waals surface area contributed by atoms with Gasteiger partial charge in [0, 0.05) is 5.25 Å². The highest BCUT2D eigenvalue weighted by atomic mass is 32.2. The van der Waals surface area contributed by atoms with Crippen LogP contribution in [0.3, 0.4) is 0 Å². The molecule has 2 aliphatic rings. The van der Waals surface area contributed by atoms with Gasteiger partial charge >= 0.3 is 0 Å². The largest absolute Gasteiger partial charge is 0.383 e.